The minimum absolute atomic E-state index is 0.218. The SMILES string of the molecule is O=C(Nc1c(Cl)ccc2nsnc12)c1csc(Br)c1. The van der Waals surface area contributed by atoms with Gasteiger partial charge in [-0.2, -0.15) is 8.75 Å². The van der Waals surface area contributed by atoms with Crippen molar-refractivity contribution in [1.82, 2.24) is 8.75 Å². The number of carbonyl (C=O) groups excluding carboxylic acids is 1. The number of nitrogens with zero attached hydrogens (tertiary/aromatic N) is 2. The van der Waals surface area contributed by atoms with E-state index in [0.29, 0.717) is 21.8 Å². The van der Waals surface area contributed by atoms with Crippen molar-refractivity contribution in [3.05, 3.63) is 38.0 Å². The molecule has 3 rings (SSSR count). The average molecular weight is 375 g/mol. The molecule has 1 N–H and O–H groups in total. The van der Waals surface area contributed by atoms with Crippen LogP contribution in [0.2, 0.25) is 5.02 Å². The molecule has 96 valence electrons. The summed E-state index contributed by atoms with van der Waals surface area (Å²) in [6.45, 7) is 0. The Bertz CT molecular complexity index is 770. The number of anilines is 1. The van der Waals surface area contributed by atoms with Crippen LogP contribution in [0.4, 0.5) is 5.69 Å². The minimum Gasteiger partial charge on any atom is -0.319 e. The number of nitrogens with one attached hydrogen (secondary N) is 1. The summed E-state index contributed by atoms with van der Waals surface area (Å²) in [6, 6.07) is 5.23. The normalized spacial score (nSPS) is 10.8. The van der Waals surface area contributed by atoms with Crippen LogP contribution >= 0.6 is 50.6 Å². The zero-order valence-electron chi connectivity index (χ0n) is 9.18. The number of amides is 1. The van der Waals surface area contributed by atoms with Gasteiger partial charge in [-0.3, -0.25) is 4.79 Å². The lowest BCUT2D eigenvalue weighted by atomic mass is 10.2. The third kappa shape index (κ3) is 2.51. The Balaban J connectivity index is 1.99. The molecule has 0 saturated carbocycles. The van der Waals surface area contributed by atoms with Crippen LogP contribution in [-0.4, -0.2) is 14.7 Å². The van der Waals surface area contributed by atoms with Crippen molar-refractivity contribution in [2.45, 2.75) is 0 Å². The summed E-state index contributed by atoms with van der Waals surface area (Å²) in [5.74, 6) is -0.218. The van der Waals surface area contributed by atoms with E-state index in [2.05, 4.69) is 30.0 Å². The molecule has 19 heavy (non-hydrogen) atoms. The summed E-state index contributed by atoms with van der Waals surface area (Å²) >= 11 is 12.0. The fraction of sp³-hybridized carbons (Fsp3) is 0. The Hall–Kier alpha value is -1.02. The Labute approximate surface area is 129 Å². The van der Waals surface area contributed by atoms with Gasteiger partial charge in [-0.1, -0.05) is 11.6 Å². The molecule has 2 aromatic heterocycles. The summed E-state index contributed by atoms with van der Waals surface area (Å²) in [5.41, 5.74) is 2.41. The molecular weight excluding hydrogens is 370 g/mol. The second-order valence-corrected chi connectivity index (χ2v) is 6.87. The highest BCUT2D eigenvalue weighted by molar-refractivity contribution is 9.11. The number of carbonyl (C=O) groups is 1. The van der Waals surface area contributed by atoms with E-state index >= 15 is 0 Å². The van der Waals surface area contributed by atoms with Gasteiger partial charge in [0.1, 0.15) is 11.0 Å². The first-order chi connectivity index (χ1) is 9.15. The van der Waals surface area contributed by atoms with Gasteiger partial charge in [0.05, 0.1) is 31.8 Å². The molecule has 2 heterocycles. The van der Waals surface area contributed by atoms with Crippen LogP contribution in [0, 0.1) is 0 Å². The lowest BCUT2D eigenvalue weighted by Crippen LogP contribution is -2.11. The third-order valence-electron chi connectivity index (χ3n) is 2.45. The number of thiophene rings is 1. The zero-order valence-corrected chi connectivity index (χ0v) is 13.2. The van der Waals surface area contributed by atoms with Crippen LogP contribution in [0.5, 0.6) is 0 Å². The van der Waals surface area contributed by atoms with Crippen molar-refractivity contribution in [2.24, 2.45) is 0 Å². The van der Waals surface area contributed by atoms with E-state index in [1.165, 1.54) is 11.3 Å². The standard InChI is InChI=1S/C11H5BrClN3OS2/c12-8-3-5(4-18-8)11(17)14-9-6(13)1-2-7-10(9)16-19-15-7/h1-4H,(H,14,17). The molecule has 0 unspecified atom stereocenters. The molecule has 0 radical (unpaired) electrons. The van der Waals surface area contributed by atoms with E-state index in [9.17, 15) is 4.79 Å². The molecule has 0 fully saturated rings. The monoisotopic (exact) mass is 373 g/mol. The van der Waals surface area contributed by atoms with Crippen LogP contribution in [0.3, 0.4) is 0 Å². The first-order valence-corrected chi connectivity index (χ1v) is 7.89. The van der Waals surface area contributed by atoms with Crippen LogP contribution in [-0.2, 0) is 0 Å². The molecular formula is C11H5BrClN3OS2. The Kier molecular flexibility index (Phi) is 3.53. The number of hydrogen-bond acceptors (Lipinski definition) is 5. The van der Waals surface area contributed by atoms with Crippen molar-refractivity contribution in [3.63, 3.8) is 0 Å². The predicted octanol–water partition coefficient (Wildman–Crippen LogP) is 4.42. The van der Waals surface area contributed by atoms with Crippen molar-refractivity contribution in [1.29, 1.82) is 0 Å². The molecule has 4 nitrogen and oxygen atoms in total. The van der Waals surface area contributed by atoms with E-state index < -0.39 is 0 Å². The lowest BCUT2D eigenvalue weighted by molar-refractivity contribution is 0.102. The highest BCUT2D eigenvalue weighted by Gasteiger charge is 2.14. The molecule has 0 spiro atoms. The predicted molar refractivity (Wildman–Crippen MR) is 82.4 cm³/mol. The second-order valence-electron chi connectivity index (χ2n) is 3.65. The summed E-state index contributed by atoms with van der Waals surface area (Å²) in [5, 5.41) is 5.01. The Morgan fingerprint density at radius 2 is 2.21 bits per heavy atom. The highest BCUT2D eigenvalue weighted by atomic mass is 79.9. The van der Waals surface area contributed by atoms with Crippen molar-refractivity contribution in [3.8, 4) is 0 Å². The van der Waals surface area contributed by atoms with E-state index in [0.717, 1.165) is 21.0 Å². The molecule has 0 aliphatic rings. The van der Waals surface area contributed by atoms with Gasteiger partial charge < -0.3 is 5.32 Å². The number of rotatable bonds is 2. The fourth-order valence-electron chi connectivity index (χ4n) is 1.56. The first-order valence-electron chi connectivity index (χ1n) is 5.11. The average Bonchev–Trinajstić information content (AvgIpc) is 3.01. The molecule has 3 aromatic rings. The Morgan fingerprint density at radius 3 is 2.95 bits per heavy atom. The van der Waals surface area contributed by atoms with Gasteiger partial charge in [-0.25, -0.2) is 0 Å². The van der Waals surface area contributed by atoms with E-state index in [-0.39, 0.29) is 5.91 Å². The molecule has 0 atom stereocenters. The van der Waals surface area contributed by atoms with Gasteiger partial charge in [0, 0.05) is 5.38 Å². The van der Waals surface area contributed by atoms with Gasteiger partial charge in [-0.15, -0.1) is 11.3 Å². The van der Waals surface area contributed by atoms with Crippen LogP contribution < -0.4 is 5.32 Å². The molecule has 0 bridgehead atoms. The van der Waals surface area contributed by atoms with Gasteiger partial charge in [0.15, 0.2) is 0 Å². The lowest BCUT2D eigenvalue weighted by Gasteiger charge is -2.06. The van der Waals surface area contributed by atoms with E-state index in [1.807, 2.05) is 0 Å². The van der Waals surface area contributed by atoms with Gasteiger partial charge in [0.2, 0.25) is 0 Å². The number of hydrogen-bond donors (Lipinski definition) is 1. The summed E-state index contributed by atoms with van der Waals surface area (Å²) in [6.07, 6.45) is 0. The second kappa shape index (κ2) is 5.16. The maximum atomic E-state index is 12.1. The van der Waals surface area contributed by atoms with Crippen molar-refractivity contribution in [2.75, 3.05) is 5.32 Å². The van der Waals surface area contributed by atoms with Crippen LogP contribution in [0.25, 0.3) is 11.0 Å². The largest absolute Gasteiger partial charge is 0.319 e. The van der Waals surface area contributed by atoms with Gasteiger partial charge in [-0.05, 0) is 34.1 Å². The number of fused-ring (bicyclic) bond motifs is 1. The van der Waals surface area contributed by atoms with Crippen molar-refractivity contribution >= 4 is 73.2 Å². The maximum Gasteiger partial charge on any atom is 0.256 e. The quantitative estimate of drug-likeness (QED) is 0.722. The zero-order chi connectivity index (χ0) is 13.4. The summed E-state index contributed by atoms with van der Waals surface area (Å²) < 4.78 is 9.18. The van der Waals surface area contributed by atoms with E-state index in [1.54, 1.807) is 23.6 Å². The molecule has 1 aromatic carbocycles. The molecule has 0 aliphatic heterocycles. The van der Waals surface area contributed by atoms with E-state index in [4.69, 9.17) is 11.6 Å². The summed E-state index contributed by atoms with van der Waals surface area (Å²) in [7, 11) is 0. The van der Waals surface area contributed by atoms with Crippen LogP contribution in [0.15, 0.2) is 27.4 Å². The first kappa shape index (κ1) is 13.0. The smallest absolute Gasteiger partial charge is 0.256 e. The van der Waals surface area contributed by atoms with Gasteiger partial charge >= 0.3 is 0 Å². The fourth-order valence-corrected chi connectivity index (χ4v) is 3.44. The van der Waals surface area contributed by atoms with Gasteiger partial charge in [0.25, 0.3) is 5.91 Å². The van der Waals surface area contributed by atoms with Crippen LogP contribution in [0.1, 0.15) is 10.4 Å². The summed E-state index contributed by atoms with van der Waals surface area (Å²) in [4.78, 5) is 12.1. The number of benzene rings is 1. The molecule has 8 heteroatoms. The number of halogens is 2. The molecule has 1 amide bonds. The highest BCUT2D eigenvalue weighted by Crippen LogP contribution is 2.31. The third-order valence-corrected chi connectivity index (χ3v) is 4.81. The topological polar surface area (TPSA) is 54.9 Å². The maximum absolute atomic E-state index is 12.1. The molecule has 0 aliphatic carbocycles. The number of aromatic nitrogens is 2. The van der Waals surface area contributed by atoms with Crippen molar-refractivity contribution < 1.29 is 4.79 Å². The Morgan fingerprint density at radius 1 is 1.37 bits per heavy atom. The molecule has 0 saturated heterocycles. The minimum atomic E-state index is -0.218.